The molecule has 2 rings (SSSR count). The summed E-state index contributed by atoms with van der Waals surface area (Å²) >= 11 is 0. The maximum Gasteiger partial charge on any atom is 0.252 e. The lowest BCUT2D eigenvalue weighted by atomic mass is 10.1. The number of carbonyl (C=O) groups excluding carboxylic acids is 1. The number of ether oxygens (including phenoxy) is 1. The van der Waals surface area contributed by atoms with Crippen LogP contribution in [0.5, 0.6) is 5.75 Å². The number of hydrogen-bond acceptors (Lipinski definition) is 4. The van der Waals surface area contributed by atoms with E-state index >= 15 is 0 Å². The fourth-order valence-corrected chi connectivity index (χ4v) is 1.79. The topological polar surface area (TPSA) is 77.2 Å². The van der Waals surface area contributed by atoms with Crippen molar-refractivity contribution in [3.8, 4) is 5.75 Å². The number of nitrogens with zero attached hydrogens (tertiary/aromatic N) is 1. The Morgan fingerprint density at radius 3 is 2.90 bits per heavy atom. The van der Waals surface area contributed by atoms with Gasteiger partial charge in [0.15, 0.2) is 0 Å². The molecule has 104 valence electrons. The summed E-state index contributed by atoms with van der Waals surface area (Å²) in [7, 11) is 1.63. The third-order valence-electron chi connectivity index (χ3n) is 2.88. The van der Waals surface area contributed by atoms with E-state index in [1.165, 1.54) is 6.20 Å². The number of nitrogen functional groups attached to an aromatic ring is 1. The highest BCUT2D eigenvalue weighted by molar-refractivity contribution is 5.93. The van der Waals surface area contributed by atoms with E-state index in [1.54, 1.807) is 19.2 Å². The Hall–Kier alpha value is -2.56. The first kappa shape index (κ1) is 13.9. The van der Waals surface area contributed by atoms with Crippen molar-refractivity contribution in [3.05, 3.63) is 53.7 Å². The average Bonchev–Trinajstić information content (AvgIpc) is 2.48. The van der Waals surface area contributed by atoms with Crippen molar-refractivity contribution in [2.75, 3.05) is 19.4 Å². The van der Waals surface area contributed by atoms with Gasteiger partial charge < -0.3 is 15.8 Å². The minimum atomic E-state index is -0.152. The lowest BCUT2D eigenvalue weighted by molar-refractivity contribution is 0.0954. The Morgan fingerprint density at radius 1 is 1.35 bits per heavy atom. The number of methoxy groups -OCH3 is 1. The largest absolute Gasteiger partial charge is 0.497 e. The number of pyridine rings is 1. The average molecular weight is 271 g/mol. The zero-order chi connectivity index (χ0) is 14.4. The summed E-state index contributed by atoms with van der Waals surface area (Å²) in [5.74, 6) is 1.06. The number of rotatable bonds is 5. The van der Waals surface area contributed by atoms with Crippen LogP contribution in [0.25, 0.3) is 0 Å². The summed E-state index contributed by atoms with van der Waals surface area (Å²) in [6.45, 7) is 0.552. The fourth-order valence-electron chi connectivity index (χ4n) is 1.79. The number of amides is 1. The zero-order valence-electron chi connectivity index (χ0n) is 11.3. The summed E-state index contributed by atoms with van der Waals surface area (Å²) in [6.07, 6.45) is 2.21. The number of hydrogen-bond donors (Lipinski definition) is 2. The molecule has 0 aliphatic carbocycles. The second kappa shape index (κ2) is 6.56. The summed E-state index contributed by atoms with van der Waals surface area (Å²) < 4.78 is 5.16. The lowest BCUT2D eigenvalue weighted by Crippen LogP contribution is -2.25. The van der Waals surface area contributed by atoms with Crippen molar-refractivity contribution >= 4 is 11.7 Å². The molecule has 1 aromatic heterocycles. The number of anilines is 1. The maximum absolute atomic E-state index is 11.9. The number of nitrogens with one attached hydrogen (secondary N) is 1. The van der Waals surface area contributed by atoms with Gasteiger partial charge in [-0.2, -0.15) is 0 Å². The van der Waals surface area contributed by atoms with Gasteiger partial charge in [-0.05, 0) is 36.2 Å². The van der Waals surface area contributed by atoms with E-state index in [0.29, 0.717) is 17.9 Å². The SMILES string of the molecule is COc1cccc(CCNC(=O)c2ccc(N)nc2)c1. The van der Waals surface area contributed by atoms with E-state index in [0.717, 1.165) is 17.7 Å². The molecule has 0 aliphatic heterocycles. The van der Waals surface area contributed by atoms with E-state index in [-0.39, 0.29) is 5.91 Å². The molecule has 2 aromatic rings. The predicted octanol–water partition coefficient (Wildman–Crippen LogP) is 1.64. The molecular formula is C15H17N3O2. The Labute approximate surface area is 117 Å². The summed E-state index contributed by atoms with van der Waals surface area (Å²) in [6, 6.07) is 11.0. The Kier molecular flexibility index (Phi) is 4.55. The molecule has 0 aliphatic rings. The van der Waals surface area contributed by atoms with Crippen molar-refractivity contribution in [1.82, 2.24) is 10.3 Å². The number of aromatic nitrogens is 1. The molecule has 1 amide bonds. The van der Waals surface area contributed by atoms with Crippen molar-refractivity contribution in [1.29, 1.82) is 0 Å². The van der Waals surface area contributed by atoms with Gasteiger partial charge in [-0.1, -0.05) is 12.1 Å². The molecule has 0 spiro atoms. The van der Waals surface area contributed by atoms with Crippen molar-refractivity contribution in [3.63, 3.8) is 0 Å². The molecule has 0 saturated heterocycles. The van der Waals surface area contributed by atoms with Crippen LogP contribution in [-0.4, -0.2) is 24.5 Å². The van der Waals surface area contributed by atoms with E-state index in [1.807, 2.05) is 24.3 Å². The van der Waals surface area contributed by atoms with Crippen LogP contribution in [0, 0.1) is 0 Å². The summed E-state index contributed by atoms with van der Waals surface area (Å²) in [5, 5.41) is 2.84. The standard InChI is InChI=1S/C15H17N3O2/c1-20-13-4-2-3-11(9-13)7-8-17-15(19)12-5-6-14(16)18-10-12/h2-6,9-10H,7-8H2,1H3,(H2,16,18)(H,17,19). The number of benzene rings is 1. The van der Waals surface area contributed by atoms with Gasteiger partial charge in [-0.25, -0.2) is 4.98 Å². The number of carbonyl (C=O) groups is 1. The normalized spacial score (nSPS) is 10.1. The van der Waals surface area contributed by atoms with Crippen LogP contribution in [0.4, 0.5) is 5.82 Å². The summed E-state index contributed by atoms with van der Waals surface area (Å²) in [5.41, 5.74) is 7.09. The van der Waals surface area contributed by atoms with Crippen LogP contribution in [0.15, 0.2) is 42.6 Å². The monoisotopic (exact) mass is 271 g/mol. The van der Waals surface area contributed by atoms with Gasteiger partial charge in [0.05, 0.1) is 12.7 Å². The third kappa shape index (κ3) is 3.71. The van der Waals surface area contributed by atoms with E-state index < -0.39 is 0 Å². The van der Waals surface area contributed by atoms with Crippen molar-refractivity contribution < 1.29 is 9.53 Å². The van der Waals surface area contributed by atoms with Crippen LogP contribution in [0.3, 0.4) is 0 Å². The molecule has 0 bridgehead atoms. The van der Waals surface area contributed by atoms with Gasteiger partial charge in [0.25, 0.3) is 5.91 Å². The highest BCUT2D eigenvalue weighted by atomic mass is 16.5. The maximum atomic E-state index is 11.9. The van der Waals surface area contributed by atoms with Crippen LogP contribution in [0.1, 0.15) is 15.9 Å². The van der Waals surface area contributed by atoms with Crippen LogP contribution < -0.4 is 15.8 Å². The minimum Gasteiger partial charge on any atom is -0.497 e. The van der Waals surface area contributed by atoms with Crippen molar-refractivity contribution in [2.45, 2.75) is 6.42 Å². The van der Waals surface area contributed by atoms with E-state index in [4.69, 9.17) is 10.5 Å². The molecule has 5 nitrogen and oxygen atoms in total. The highest BCUT2D eigenvalue weighted by Gasteiger charge is 2.05. The van der Waals surface area contributed by atoms with Crippen LogP contribution >= 0.6 is 0 Å². The van der Waals surface area contributed by atoms with Gasteiger partial charge in [-0.15, -0.1) is 0 Å². The first-order chi connectivity index (χ1) is 9.69. The van der Waals surface area contributed by atoms with Crippen molar-refractivity contribution in [2.24, 2.45) is 0 Å². The zero-order valence-corrected chi connectivity index (χ0v) is 11.3. The molecule has 1 aromatic carbocycles. The van der Waals surface area contributed by atoms with Gasteiger partial charge >= 0.3 is 0 Å². The molecule has 5 heteroatoms. The van der Waals surface area contributed by atoms with Gasteiger partial charge in [0.2, 0.25) is 0 Å². The molecule has 3 N–H and O–H groups in total. The van der Waals surface area contributed by atoms with Gasteiger partial charge in [-0.3, -0.25) is 4.79 Å². The van der Waals surface area contributed by atoms with Gasteiger partial charge in [0, 0.05) is 12.7 Å². The molecule has 0 unspecified atom stereocenters. The first-order valence-corrected chi connectivity index (χ1v) is 6.31. The molecule has 1 heterocycles. The van der Waals surface area contributed by atoms with E-state index in [2.05, 4.69) is 10.3 Å². The third-order valence-corrected chi connectivity index (χ3v) is 2.88. The highest BCUT2D eigenvalue weighted by Crippen LogP contribution is 2.12. The quantitative estimate of drug-likeness (QED) is 0.866. The van der Waals surface area contributed by atoms with Crippen LogP contribution in [0.2, 0.25) is 0 Å². The molecule has 0 saturated carbocycles. The van der Waals surface area contributed by atoms with Gasteiger partial charge in [0.1, 0.15) is 11.6 Å². The number of nitrogens with two attached hydrogens (primary N) is 1. The lowest BCUT2D eigenvalue weighted by Gasteiger charge is -2.06. The molecular weight excluding hydrogens is 254 g/mol. The Morgan fingerprint density at radius 2 is 2.20 bits per heavy atom. The smallest absolute Gasteiger partial charge is 0.252 e. The first-order valence-electron chi connectivity index (χ1n) is 6.31. The molecule has 0 radical (unpaired) electrons. The minimum absolute atomic E-state index is 0.152. The predicted molar refractivity (Wildman–Crippen MR) is 77.7 cm³/mol. The molecule has 0 atom stereocenters. The summed E-state index contributed by atoms with van der Waals surface area (Å²) in [4.78, 5) is 15.7. The van der Waals surface area contributed by atoms with Crippen LogP contribution in [-0.2, 0) is 6.42 Å². The molecule has 0 fully saturated rings. The second-order valence-electron chi connectivity index (χ2n) is 4.33. The molecule has 20 heavy (non-hydrogen) atoms. The Bertz CT molecular complexity index is 582. The second-order valence-corrected chi connectivity index (χ2v) is 4.33. The fraction of sp³-hybridized carbons (Fsp3) is 0.200. The Balaban J connectivity index is 1.86. The van der Waals surface area contributed by atoms with E-state index in [9.17, 15) is 4.79 Å².